The SMILES string of the molecule is CCOCOCc1c(N2CCOCC2)cc([Si](C)(C)C)nc1N(Cc1cccc([N+](=O)[O-])c1)C(=O)OC(C)(C)C. The highest BCUT2D eigenvalue weighted by atomic mass is 28.3. The topological polar surface area (TPSA) is 117 Å². The number of pyridine rings is 1. The molecule has 0 atom stereocenters. The second kappa shape index (κ2) is 13.5. The van der Waals surface area contributed by atoms with E-state index >= 15 is 0 Å². The van der Waals surface area contributed by atoms with Gasteiger partial charge in [-0.3, -0.25) is 15.0 Å². The van der Waals surface area contributed by atoms with Crippen LogP contribution in [-0.2, 0) is 32.1 Å². The van der Waals surface area contributed by atoms with Gasteiger partial charge in [-0.25, -0.2) is 9.78 Å². The lowest BCUT2D eigenvalue weighted by molar-refractivity contribution is -0.384. The third-order valence-corrected chi connectivity index (χ3v) is 7.94. The Bertz CT molecular complexity index is 1170. The Hall–Kier alpha value is -3.06. The number of morpholine rings is 1. The van der Waals surface area contributed by atoms with Crippen molar-refractivity contribution in [2.24, 2.45) is 0 Å². The van der Waals surface area contributed by atoms with Crippen LogP contribution in [0.3, 0.4) is 0 Å². The molecule has 2 aromatic rings. The van der Waals surface area contributed by atoms with E-state index in [0.29, 0.717) is 44.3 Å². The van der Waals surface area contributed by atoms with Gasteiger partial charge in [-0.2, -0.15) is 0 Å². The molecule has 3 rings (SSSR count). The van der Waals surface area contributed by atoms with E-state index in [4.69, 9.17) is 23.9 Å². The molecule has 2 heterocycles. The molecule has 40 heavy (non-hydrogen) atoms. The second-order valence-corrected chi connectivity index (χ2v) is 16.6. The third kappa shape index (κ3) is 8.72. The molecule has 1 aliphatic heterocycles. The molecule has 1 fully saturated rings. The summed E-state index contributed by atoms with van der Waals surface area (Å²) in [5, 5.41) is 12.4. The van der Waals surface area contributed by atoms with Crippen molar-refractivity contribution in [1.82, 2.24) is 4.98 Å². The van der Waals surface area contributed by atoms with Crippen LogP contribution in [0.5, 0.6) is 0 Å². The summed E-state index contributed by atoms with van der Waals surface area (Å²) in [7, 11) is -1.97. The summed E-state index contributed by atoms with van der Waals surface area (Å²) in [5.74, 6) is 0.415. The van der Waals surface area contributed by atoms with E-state index in [0.717, 1.165) is 16.6 Å². The zero-order valence-electron chi connectivity index (χ0n) is 24.7. The van der Waals surface area contributed by atoms with Crippen LogP contribution < -0.4 is 15.1 Å². The first-order valence-corrected chi connectivity index (χ1v) is 17.1. The number of non-ortho nitro benzene ring substituents is 1. The Labute approximate surface area is 237 Å². The average molecular weight is 575 g/mol. The lowest BCUT2D eigenvalue weighted by atomic mass is 10.1. The van der Waals surface area contributed by atoms with Gasteiger partial charge in [0.15, 0.2) is 0 Å². The van der Waals surface area contributed by atoms with Gasteiger partial charge in [0.05, 0.1) is 31.3 Å². The molecule has 1 aromatic carbocycles. The first kappa shape index (κ1) is 31.5. The first-order valence-electron chi connectivity index (χ1n) is 13.6. The summed E-state index contributed by atoms with van der Waals surface area (Å²) in [4.78, 5) is 33.6. The highest BCUT2D eigenvalue weighted by molar-refractivity contribution is 6.88. The number of ether oxygens (including phenoxy) is 4. The number of rotatable bonds is 11. The van der Waals surface area contributed by atoms with E-state index < -0.39 is 24.7 Å². The number of anilines is 2. The summed E-state index contributed by atoms with van der Waals surface area (Å²) < 4.78 is 22.8. The van der Waals surface area contributed by atoms with Gasteiger partial charge in [0.1, 0.15) is 26.3 Å². The smallest absolute Gasteiger partial charge is 0.416 e. The Morgan fingerprint density at radius 2 is 1.88 bits per heavy atom. The van der Waals surface area contributed by atoms with Crippen molar-refractivity contribution >= 4 is 36.7 Å². The molecule has 12 heteroatoms. The Kier molecular flexibility index (Phi) is 10.6. The lowest BCUT2D eigenvalue weighted by Crippen LogP contribution is -2.45. The van der Waals surface area contributed by atoms with Crippen molar-refractivity contribution in [2.45, 2.75) is 66.1 Å². The number of carbonyl (C=O) groups is 1. The predicted octanol–water partition coefficient (Wildman–Crippen LogP) is 4.82. The number of carbonyl (C=O) groups excluding carboxylic acids is 1. The molecule has 1 aliphatic rings. The number of aromatic nitrogens is 1. The fourth-order valence-corrected chi connectivity index (χ4v) is 5.17. The third-order valence-electron chi connectivity index (χ3n) is 6.15. The average Bonchev–Trinajstić information content (AvgIpc) is 2.88. The molecule has 0 spiro atoms. The highest BCUT2D eigenvalue weighted by Gasteiger charge is 2.32. The van der Waals surface area contributed by atoms with E-state index in [2.05, 4.69) is 30.6 Å². The van der Waals surface area contributed by atoms with Gasteiger partial charge >= 0.3 is 6.09 Å². The van der Waals surface area contributed by atoms with Crippen molar-refractivity contribution in [3.63, 3.8) is 0 Å². The zero-order chi connectivity index (χ0) is 29.5. The number of hydrogen-bond donors (Lipinski definition) is 0. The minimum absolute atomic E-state index is 0.0275. The summed E-state index contributed by atoms with van der Waals surface area (Å²) >= 11 is 0. The highest BCUT2D eigenvalue weighted by Crippen LogP contribution is 2.32. The van der Waals surface area contributed by atoms with Gasteiger partial charge in [-0.1, -0.05) is 31.8 Å². The summed E-state index contributed by atoms with van der Waals surface area (Å²) in [6.45, 7) is 17.2. The fraction of sp³-hybridized carbons (Fsp3) is 0.571. The van der Waals surface area contributed by atoms with Gasteiger partial charge in [-0.05, 0) is 39.3 Å². The van der Waals surface area contributed by atoms with Crippen LogP contribution in [0.4, 0.5) is 22.0 Å². The molecule has 0 N–H and O–H groups in total. The van der Waals surface area contributed by atoms with Crippen LogP contribution in [0.1, 0.15) is 38.8 Å². The zero-order valence-corrected chi connectivity index (χ0v) is 25.7. The second-order valence-electron chi connectivity index (χ2n) is 11.6. The van der Waals surface area contributed by atoms with Gasteiger partial charge in [-0.15, -0.1) is 0 Å². The molecular formula is C28H42N4O7Si. The van der Waals surface area contributed by atoms with Gasteiger partial charge in [0.2, 0.25) is 0 Å². The van der Waals surface area contributed by atoms with Crippen molar-refractivity contribution < 1.29 is 28.7 Å². The number of benzene rings is 1. The van der Waals surface area contributed by atoms with E-state index in [1.165, 1.54) is 17.0 Å². The summed E-state index contributed by atoms with van der Waals surface area (Å²) in [6, 6.07) is 8.36. The maximum atomic E-state index is 13.8. The monoisotopic (exact) mass is 574 g/mol. The summed E-state index contributed by atoms with van der Waals surface area (Å²) in [6.07, 6.45) is -0.599. The van der Waals surface area contributed by atoms with E-state index in [-0.39, 0.29) is 25.6 Å². The summed E-state index contributed by atoms with van der Waals surface area (Å²) in [5.41, 5.74) is 1.40. The van der Waals surface area contributed by atoms with Gasteiger partial charge in [0, 0.05) is 48.4 Å². The lowest BCUT2D eigenvalue weighted by Gasteiger charge is -2.35. The number of hydrogen-bond acceptors (Lipinski definition) is 9. The van der Waals surface area contributed by atoms with Crippen LogP contribution in [-0.4, -0.2) is 69.4 Å². The van der Waals surface area contributed by atoms with Crippen LogP contribution in [0.15, 0.2) is 30.3 Å². The van der Waals surface area contributed by atoms with Crippen LogP contribution in [0, 0.1) is 10.1 Å². The fourth-order valence-electron chi connectivity index (χ4n) is 4.16. The molecule has 1 saturated heterocycles. The van der Waals surface area contributed by atoms with E-state index in [1.54, 1.807) is 32.9 Å². The number of nitro benzene ring substituents is 1. The normalized spacial score (nSPS) is 14.2. The maximum Gasteiger partial charge on any atom is 0.416 e. The van der Waals surface area contributed by atoms with Crippen molar-refractivity contribution in [2.75, 3.05) is 49.5 Å². The van der Waals surface area contributed by atoms with E-state index in [1.807, 2.05) is 6.92 Å². The molecule has 0 radical (unpaired) electrons. The molecule has 11 nitrogen and oxygen atoms in total. The predicted molar refractivity (Wildman–Crippen MR) is 157 cm³/mol. The van der Waals surface area contributed by atoms with Crippen LogP contribution in [0.2, 0.25) is 19.6 Å². The number of amides is 1. The molecular weight excluding hydrogens is 532 g/mol. The largest absolute Gasteiger partial charge is 0.443 e. The van der Waals surface area contributed by atoms with Gasteiger partial charge in [0.25, 0.3) is 5.69 Å². The Morgan fingerprint density at radius 1 is 1.18 bits per heavy atom. The maximum absolute atomic E-state index is 13.8. The minimum atomic E-state index is -1.97. The molecule has 1 aromatic heterocycles. The van der Waals surface area contributed by atoms with Crippen molar-refractivity contribution in [3.05, 3.63) is 51.6 Å². The van der Waals surface area contributed by atoms with Crippen LogP contribution in [0.25, 0.3) is 0 Å². The quantitative estimate of drug-likeness (QED) is 0.122. The molecule has 1 amide bonds. The van der Waals surface area contributed by atoms with Gasteiger partial charge < -0.3 is 23.8 Å². The Balaban J connectivity index is 2.23. The molecule has 220 valence electrons. The standard InChI is InChI=1S/C28H42N4O7Si/c1-8-36-20-38-19-23-24(30-12-14-37-15-13-30)17-25(40(5,6)7)29-26(23)31(27(33)39-28(2,3)4)18-21-10-9-11-22(16-21)32(34)35/h9-11,16-17H,8,12-15,18-20H2,1-7H3. The molecule has 0 aliphatic carbocycles. The van der Waals surface area contributed by atoms with Crippen molar-refractivity contribution in [1.29, 1.82) is 0 Å². The number of nitrogens with zero attached hydrogens (tertiary/aromatic N) is 4. The van der Waals surface area contributed by atoms with E-state index in [9.17, 15) is 14.9 Å². The first-order chi connectivity index (χ1) is 18.8. The van der Waals surface area contributed by atoms with Crippen LogP contribution >= 0.6 is 0 Å². The molecule has 0 bridgehead atoms. The minimum Gasteiger partial charge on any atom is -0.443 e. The molecule has 0 saturated carbocycles. The molecule has 0 unspecified atom stereocenters. The Morgan fingerprint density at radius 3 is 2.48 bits per heavy atom. The number of nitro groups is 1. The van der Waals surface area contributed by atoms with Crippen molar-refractivity contribution in [3.8, 4) is 0 Å².